The van der Waals surface area contributed by atoms with Gasteiger partial charge in [0.05, 0.1) is 17.7 Å². The van der Waals surface area contributed by atoms with Crippen LogP contribution in [0.2, 0.25) is 5.02 Å². The Hall–Kier alpha value is -2.20. The van der Waals surface area contributed by atoms with Gasteiger partial charge in [0, 0.05) is 11.4 Å². The van der Waals surface area contributed by atoms with Crippen LogP contribution in [0.5, 0.6) is 5.75 Å². The third kappa shape index (κ3) is 2.98. The molecule has 0 fully saturated rings. The molecule has 2 aromatic rings. The number of hydrogen-bond donors (Lipinski definition) is 2. The Balaban J connectivity index is 2.21. The average Bonchev–Trinajstić information content (AvgIpc) is 2.39. The second-order valence-electron chi connectivity index (χ2n) is 3.89. The summed E-state index contributed by atoms with van der Waals surface area (Å²) in [6.07, 6.45) is 0. The van der Waals surface area contributed by atoms with Crippen molar-refractivity contribution in [1.82, 2.24) is 0 Å². The lowest BCUT2D eigenvalue weighted by Gasteiger charge is -2.09. The molecule has 0 aromatic heterocycles. The van der Waals surface area contributed by atoms with E-state index in [1.54, 1.807) is 49.6 Å². The summed E-state index contributed by atoms with van der Waals surface area (Å²) in [5, 5.41) is 3.06. The van der Waals surface area contributed by atoms with E-state index in [1.165, 1.54) is 0 Å². The first-order valence-electron chi connectivity index (χ1n) is 5.61. The van der Waals surface area contributed by atoms with Crippen molar-refractivity contribution in [3.63, 3.8) is 0 Å². The van der Waals surface area contributed by atoms with Crippen LogP contribution in [0.4, 0.5) is 11.4 Å². The minimum absolute atomic E-state index is 0.278. The monoisotopic (exact) mass is 276 g/mol. The zero-order valence-electron chi connectivity index (χ0n) is 10.3. The molecule has 5 heteroatoms. The Bertz CT molecular complexity index is 577. The number of nitrogens with two attached hydrogens (primary N) is 1. The molecule has 0 heterocycles. The van der Waals surface area contributed by atoms with E-state index in [-0.39, 0.29) is 11.5 Å². The number of amides is 1. The van der Waals surface area contributed by atoms with Gasteiger partial charge in [-0.3, -0.25) is 4.79 Å². The summed E-state index contributed by atoms with van der Waals surface area (Å²) in [5.41, 5.74) is 7.02. The van der Waals surface area contributed by atoms with Gasteiger partial charge in [-0.1, -0.05) is 17.7 Å². The number of nitrogen functional groups attached to an aromatic ring is 1. The Morgan fingerprint density at radius 3 is 2.47 bits per heavy atom. The fourth-order valence-electron chi connectivity index (χ4n) is 1.65. The molecule has 0 saturated carbocycles. The van der Waals surface area contributed by atoms with Gasteiger partial charge >= 0.3 is 0 Å². The fraction of sp³-hybridized carbons (Fsp3) is 0.0714. The van der Waals surface area contributed by atoms with Crippen LogP contribution in [0, 0.1) is 0 Å². The Morgan fingerprint density at radius 1 is 1.21 bits per heavy atom. The first-order chi connectivity index (χ1) is 9.11. The Morgan fingerprint density at radius 2 is 1.89 bits per heavy atom. The van der Waals surface area contributed by atoms with Gasteiger partial charge in [-0.25, -0.2) is 0 Å². The average molecular weight is 277 g/mol. The highest BCUT2D eigenvalue weighted by molar-refractivity contribution is 6.35. The van der Waals surface area contributed by atoms with Crippen LogP contribution in [-0.4, -0.2) is 13.0 Å². The quantitative estimate of drug-likeness (QED) is 0.846. The van der Waals surface area contributed by atoms with Crippen LogP contribution in [0.3, 0.4) is 0 Å². The van der Waals surface area contributed by atoms with Gasteiger partial charge in [0.1, 0.15) is 5.75 Å². The summed E-state index contributed by atoms with van der Waals surface area (Å²) in [5.74, 6) is 0.378. The molecule has 3 N–H and O–H groups in total. The number of anilines is 2. The van der Waals surface area contributed by atoms with Gasteiger partial charge in [0.25, 0.3) is 5.91 Å². The van der Waals surface area contributed by atoms with Crippen LogP contribution in [0.25, 0.3) is 0 Å². The van der Waals surface area contributed by atoms with Crippen molar-refractivity contribution in [2.45, 2.75) is 0 Å². The topological polar surface area (TPSA) is 64.3 Å². The highest BCUT2D eigenvalue weighted by Crippen LogP contribution is 2.23. The molecule has 0 saturated heterocycles. The number of nitrogens with one attached hydrogen (secondary N) is 1. The van der Waals surface area contributed by atoms with Crippen molar-refractivity contribution in [1.29, 1.82) is 0 Å². The summed E-state index contributed by atoms with van der Waals surface area (Å²) in [6.45, 7) is 0. The molecule has 1 amide bonds. The molecule has 0 aliphatic heterocycles. The van der Waals surface area contributed by atoms with Crippen molar-refractivity contribution in [3.8, 4) is 5.75 Å². The van der Waals surface area contributed by atoms with Gasteiger partial charge < -0.3 is 15.8 Å². The number of carbonyl (C=O) groups is 1. The predicted octanol–water partition coefficient (Wildman–Crippen LogP) is 3.18. The number of hydrogen-bond acceptors (Lipinski definition) is 3. The van der Waals surface area contributed by atoms with Gasteiger partial charge in [-0.15, -0.1) is 0 Å². The number of benzene rings is 2. The van der Waals surface area contributed by atoms with Crippen LogP contribution in [0.15, 0.2) is 42.5 Å². The molecule has 98 valence electrons. The second kappa shape index (κ2) is 5.63. The molecule has 4 nitrogen and oxygen atoms in total. The smallest absolute Gasteiger partial charge is 0.259 e. The maximum atomic E-state index is 12.1. The lowest BCUT2D eigenvalue weighted by Crippen LogP contribution is -2.14. The summed E-state index contributed by atoms with van der Waals surface area (Å²) < 4.78 is 5.04. The number of halogens is 1. The van der Waals surface area contributed by atoms with E-state index in [2.05, 4.69) is 5.32 Å². The third-order valence-corrected chi connectivity index (χ3v) is 2.94. The van der Waals surface area contributed by atoms with Crippen LogP contribution < -0.4 is 15.8 Å². The molecule has 0 unspecified atom stereocenters. The lowest BCUT2D eigenvalue weighted by molar-refractivity contribution is 0.102. The van der Waals surface area contributed by atoms with Crippen molar-refractivity contribution >= 4 is 28.9 Å². The highest BCUT2D eigenvalue weighted by Gasteiger charge is 2.13. The first kappa shape index (κ1) is 13.2. The Labute approximate surface area is 116 Å². The van der Waals surface area contributed by atoms with E-state index < -0.39 is 0 Å². The van der Waals surface area contributed by atoms with E-state index in [1.807, 2.05) is 0 Å². The lowest BCUT2D eigenvalue weighted by atomic mass is 10.1. The van der Waals surface area contributed by atoms with Crippen molar-refractivity contribution < 1.29 is 9.53 Å². The molecule has 0 atom stereocenters. The van der Waals surface area contributed by atoms with Crippen LogP contribution in [0.1, 0.15) is 10.4 Å². The summed E-state index contributed by atoms with van der Waals surface area (Å²) in [6, 6.07) is 11.9. The largest absolute Gasteiger partial charge is 0.497 e. The van der Waals surface area contributed by atoms with Crippen molar-refractivity contribution in [2.75, 3.05) is 18.2 Å². The van der Waals surface area contributed by atoms with Gasteiger partial charge in [-0.2, -0.15) is 0 Å². The number of ether oxygens (including phenoxy) is 1. The van der Waals surface area contributed by atoms with E-state index in [0.29, 0.717) is 16.4 Å². The van der Waals surface area contributed by atoms with Crippen LogP contribution in [-0.2, 0) is 0 Å². The summed E-state index contributed by atoms with van der Waals surface area (Å²) >= 11 is 5.98. The van der Waals surface area contributed by atoms with E-state index in [0.717, 1.165) is 5.75 Å². The normalized spacial score (nSPS) is 10.0. The summed E-state index contributed by atoms with van der Waals surface area (Å²) in [7, 11) is 1.58. The molecule has 2 aromatic carbocycles. The highest BCUT2D eigenvalue weighted by atomic mass is 35.5. The molecular weight excluding hydrogens is 264 g/mol. The minimum atomic E-state index is -0.340. The van der Waals surface area contributed by atoms with Crippen molar-refractivity contribution in [3.05, 3.63) is 53.1 Å². The van der Waals surface area contributed by atoms with E-state index >= 15 is 0 Å². The Kier molecular flexibility index (Phi) is 3.92. The third-order valence-electron chi connectivity index (χ3n) is 2.62. The first-order valence-corrected chi connectivity index (χ1v) is 5.99. The molecule has 0 bridgehead atoms. The van der Waals surface area contributed by atoms with Gasteiger partial charge in [0.15, 0.2) is 0 Å². The zero-order chi connectivity index (χ0) is 13.8. The molecule has 19 heavy (non-hydrogen) atoms. The van der Waals surface area contributed by atoms with E-state index in [4.69, 9.17) is 22.1 Å². The van der Waals surface area contributed by atoms with Crippen LogP contribution >= 0.6 is 11.6 Å². The predicted molar refractivity (Wildman–Crippen MR) is 76.8 cm³/mol. The molecule has 0 radical (unpaired) electrons. The maximum Gasteiger partial charge on any atom is 0.259 e. The second-order valence-corrected chi connectivity index (χ2v) is 4.29. The summed E-state index contributed by atoms with van der Waals surface area (Å²) in [4.78, 5) is 12.1. The molecule has 0 spiro atoms. The standard InChI is InChI=1S/C14H13ClN2O2/c1-19-10-7-5-9(6-8-10)17-14(18)13-11(15)3-2-4-12(13)16/h2-8H,16H2,1H3,(H,17,18). The molecular formula is C14H13ClN2O2. The minimum Gasteiger partial charge on any atom is -0.497 e. The molecule has 2 rings (SSSR count). The van der Waals surface area contributed by atoms with Gasteiger partial charge in [0.2, 0.25) is 0 Å². The number of carbonyl (C=O) groups excluding carboxylic acids is 1. The number of methoxy groups -OCH3 is 1. The van der Waals surface area contributed by atoms with Crippen molar-refractivity contribution in [2.24, 2.45) is 0 Å². The van der Waals surface area contributed by atoms with Gasteiger partial charge in [-0.05, 0) is 36.4 Å². The SMILES string of the molecule is COc1ccc(NC(=O)c2c(N)cccc2Cl)cc1. The van der Waals surface area contributed by atoms with E-state index in [9.17, 15) is 4.79 Å². The maximum absolute atomic E-state index is 12.1. The zero-order valence-corrected chi connectivity index (χ0v) is 11.1. The number of rotatable bonds is 3. The molecule has 0 aliphatic carbocycles. The fourth-order valence-corrected chi connectivity index (χ4v) is 1.92. The molecule has 0 aliphatic rings.